The van der Waals surface area contributed by atoms with Gasteiger partial charge in [0.15, 0.2) is 0 Å². The van der Waals surface area contributed by atoms with Gasteiger partial charge in [-0.2, -0.15) is 13.2 Å². The lowest BCUT2D eigenvalue weighted by molar-refractivity contribution is -0.126. The maximum Gasteiger partial charge on any atom is 0.401 e. The molecule has 1 rings (SSSR count). The van der Waals surface area contributed by atoms with Crippen LogP contribution in [0, 0.1) is 6.92 Å². The number of nitrogens with one attached hydrogen (secondary N) is 2. The van der Waals surface area contributed by atoms with Crippen molar-refractivity contribution in [2.75, 3.05) is 18.4 Å². The second-order valence-corrected chi connectivity index (χ2v) is 5.58. The van der Waals surface area contributed by atoms with Crippen molar-refractivity contribution in [1.29, 1.82) is 0 Å². The zero-order chi connectivity index (χ0) is 14.6. The number of halogens is 5. The van der Waals surface area contributed by atoms with Crippen molar-refractivity contribution < 1.29 is 18.0 Å². The maximum atomic E-state index is 11.9. The Labute approximate surface area is 125 Å². The van der Waals surface area contributed by atoms with Crippen molar-refractivity contribution >= 4 is 43.5 Å². The Morgan fingerprint density at radius 2 is 1.79 bits per heavy atom. The number of hydrogen-bond acceptors (Lipinski definition) is 2. The van der Waals surface area contributed by atoms with E-state index in [-0.39, 0.29) is 0 Å². The molecule has 3 nitrogen and oxygen atoms in total. The molecule has 0 fully saturated rings. The SMILES string of the molecule is Cc1cc(Br)c(NC(=O)CNCC(F)(F)F)c(Br)c1. The summed E-state index contributed by atoms with van der Waals surface area (Å²) in [5.74, 6) is -0.547. The number of aryl methyl sites for hydroxylation is 1. The standard InChI is InChI=1S/C11H11Br2F3N2O/c1-6-2-7(12)10(8(13)3-6)18-9(19)4-17-5-11(14,15)16/h2-3,17H,4-5H2,1H3,(H,18,19). The number of carbonyl (C=O) groups excluding carboxylic acids is 1. The van der Waals surface area contributed by atoms with E-state index in [9.17, 15) is 18.0 Å². The Morgan fingerprint density at radius 3 is 2.26 bits per heavy atom. The van der Waals surface area contributed by atoms with Crippen LogP contribution in [-0.4, -0.2) is 25.2 Å². The summed E-state index contributed by atoms with van der Waals surface area (Å²) < 4.78 is 37.0. The van der Waals surface area contributed by atoms with Crippen LogP contribution in [0.5, 0.6) is 0 Å². The van der Waals surface area contributed by atoms with Gasteiger partial charge >= 0.3 is 6.18 Å². The van der Waals surface area contributed by atoms with Crippen molar-refractivity contribution in [2.24, 2.45) is 0 Å². The first kappa shape index (κ1) is 16.5. The molecule has 106 valence electrons. The van der Waals surface area contributed by atoms with E-state index in [0.29, 0.717) is 14.6 Å². The van der Waals surface area contributed by atoms with Crippen molar-refractivity contribution in [3.05, 3.63) is 26.6 Å². The summed E-state index contributed by atoms with van der Waals surface area (Å²) in [6.45, 7) is 0.273. The van der Waals surface area contributed by atoms with Gasteiger partial charge in [-0.05, 0) is 56.5 Å². The summed E-state index contributed by atoms with van der Waals surface area (Å²) >= 11 is 6.56. The van der Waals surface area contributed by atoms with E-state index >= 15 is 0 Å². The average molecular weight is 404 g/mol. The molecule has 0 spiro atoms. The number of anilines is 1. The predicted molar refractivity (Wildman–Crippen MR) is 74.1 cm³/mol. The number of carbonyl (C=O) groups is 1. The number of hydrogen-bond donors (Lipinski definition) is 2. The molecule has 0 aliphatic carbocycles. The second-order valence-electron chi connectivity index (χ2n) is 3.87. The van der Waals surface area contributed by atoms with Gasteiger partial charge in [0.05, 0.1) is 18.8 Å². The Bertz CT molecular complexity index is 454. The smallest absolute Gasteiger partial charge is 0.323 e. The zero-order valence-corrected chi connectivity index (χ0v) is 13.0. The van der Waals surface area contributed by atoms with Crippen LogP contribution in [-0.2, 0) is 4.79 Å². The van der Waals surface area contributed by atoms with Crippen molar-refractivity contribution in [3.63, 3.8) is 0 Å². The van der Waals surface area contributed by atoms with Crippen molar-refractivity contribution in [2.45, 2.75) is 13.1 Å². The van der Waals surface area contributed by atoms with Crippen molar-refractivity contribution in [1.82, 2.24) is 5.32 Å². The first-order valence-corrected chi connectivity index (χ1v) is 6.80. The molecule has 0 heterocycles. The third-order valence-corrected chi connectivity index (χ3v) is 3.31. The monoisotopic (exact) mass is 402 g/mol. The molecule has 1 aromatic rings. The van der Waals surface area contributed by atoms with Gasteiger partial charge < -0.3 is 10.6 Å². The minimum Gasteiger partial charge on any atom is -0.323 e. The largest absolute Gasteiger partial charge is 0.401 e. The quantitative estimate of drug-likeness (QED) is 0.806. The number of benzene rings is 1. The van der Waals surface area contributed by atoms with E-state index in [1.807, 2.05) is 12.2 Å². The van der Waals surface area contributed by atoms with Crippen LogP contribution in [0.25, 0.3) is 0 Å². The maximum absolute atomic E-state index is 11.9. The third kappa shape index (κ3) is 5.92. The molecule has 0 aliphatic heterocycles. The molecule has 0 aromatic heterocycles. The van der Waals surface area contributed by atoms with Crippen LogP contribution in [0.4, 0.5) is 18.9 Å². The zero-order valence-electron chi connectivity index (χ0n) is 9.87. The Balaban J connectivity index is 2.58. The normalized spacial score (nSPS) is 11.5. The first-order chi connectivity index (χ1) is 8.69. The van der Waals surface area contributed by atoms with Crippen LogP contribution in [0.1, 0.15) is 5.56 Å². The van der Waals surface area contributed by atoms with Gasteiger partial charge in [-0.15, -0.1) is 0 Å². The van der Waals surface area contributed by atoms with E-state index in [1.165, 1.54) is 0 Å². The molecule has 19 heavy (non-hydrogen) atoms. The third-order valence-electron chi connectivity index (χ3n) is 2.06. The number of alkyl halides is 3. The van der Waals surface area contributed by atoms with E-state index < -0.39 is 25.2 Å². The highest BCUT2D eigenvalue weighted by atomic mass is 79.9. The summed E-state index contributed by atoms with van der Waals surface area (Å²) in [7, 11) is 0. The van der Waals surface area contributed by atoms with Gasteiger partial charge in [-0.3, -0.25) is 4.79 Å². The predicted octanol–water partition coefficient (Wildman–Crippen LogP) is 3.61. The van der Waals surface area contributed by atoms with Crippen LogP contribution in [0.15, 0.2) is 21.1 Å². The second kappa shape index (κ2) is 6.71. The molecule has 0 radical (unpaired) electrons. The fourth-order valence-electron chi connectivity index (χ4n) is 1.32. The van der Waals surface area contributed by atoms with Crippen LogP contribution >= 0.6 is 31.9 Å². The summed E-state index contributed by atoms with van der Waals surface area (Å²) in [5.41, 5.74) is 1.47. The summed E-state index contributed by atoms with van der Waals surface area (Å²) in [4.78, 5) is 11.5. The fourth-order valence-corrected chi connectivity index (χ4v) is 2.93. The van der Waals surface area contributed by atoms with Crippen LogP contribution in [0.3, 0.4) is 0 Å². The van der Waals surface area contributed by atoms with E-state index in [2.05, 4.69) is 37.2 Å². The summed E-state index contributed by atoms with van der Waals surface area (Å²) in [6, 6.07) is 3.59. The molecular formula is C11H11Br2F3N2O. The Hall–Kier alpha value is -0.600. The lowest BCUT2D eigenvalue weighted by atomic mass is 10.2. The fraction of sp³-hybridized carbons (Fsp3) is 0.364. The Morgan fingerprint density at radius 1 is 1.26 bits per heavy atom. The molecule has 0 aliphatic rings. The van der Waals surface area contributed by atoms with Crippen LogP contribution < -0.4 is 10.6 Å². The van der Waals surface area contributed by atoms with E-state index in [4.69, 9.17) is 0 Å². The highest BCUT2D eigenvalue weighted by molar-refractivity contribution is 9.11. The molecule has 1 aromatic carbocycles. The minimum absolute atomic E-state index is 0.410. The molecular weight excluding hydrogens is 393 g/mol. The first-order valence-electron chi connectivity index (χ1n) is 5.22. The van der Waals surface area contributed by atoms with Gasteiger partial charge in [-0.1, -0.05) is 0 Å². The van der Waals surface area contributed by atoms with Crippen LogP contribution in [0.2, 0.25) is 0 Å². The molecule has 0 saturated carbocycles. The van der Waals surface area contributed by atoms with Crippen molar-refractivity contribution in [3.8, 4) is 0 Å². The van der Waals surface area contributed by atoms with Gasteiger partial charge in [0.2, 0.25) is 5.91 Å². The summed E-state index contributed by atoms with van der Waals surface area (Å²) in [5, 5.41) is 4.56. The molecule has 0 unspecified atom stereocenters. The highest BCUT2D eigenvalue weighted by Gasteiger charge is 2.26. The minimum atomic E-state index is -4.33. The highest BCUT2D eigenvalue weighted by Crippen LogP contribution is 2.32. The van der Waals surface area contributed by atoms with E-state index in [0.717, 1.165) is 5.56 Å². The van der Waals surface area contributed by atoms with Gasteiger partial charge in [-0.25, -0.2) is 0 Å². The summed E-state index contributed by atoms with van der Waals surface area (Å²) in [6.07, 6.45) is -4.33. The number of rotatable bonds is 4. The lowest BCUT2D eigenvalue weighted by Crippen LogP contribution is -2.35. The molecule has 0 saturated heterocycles. The topological polar surface area (TPSA) is 41.1 Å². The molecule has 8 heteroatoms. The van der Waals surface area contributed by atoms with Gasteiger partial charge in [0, 0.05) is 8.95 Å². The van der Waals surface area contributed by atoms with Gasteiger partial charge in [0.1, 0.15) is 0 Å². The Kier molecular flexibility index (Phi) is 5.82. The lowest BCUT2D eigenvalue weighted by Gasteiger charge is -2.12. The molecule has 2 N–H and O–H groups in total. The molecule has 1 amide bonds. The van der Waals surface area contributed by atoms with E-state index in [1.54, 1.807) is 12.1 Å². The molecule has 0 bridgehead atoms. The average Bonchev–Trinajstić information content (AvgIpc) is 2.21. The molecule has 0 atom stereocenters. The number of amides is 1. The van der Waals surface area contributed by atoms with Gasteiger partial charge in [0.25, 0.3) is 0 Å².